The van der Waals surface area contributed by atoms with E-state index in [1.54, 1.807) is 18.2 Å². The fourth-order valence-corrected chi connectivity index (χ4v) is 3.25. The molecule has 2 aromatic rings. The molecule has 0 spiro atoms. The average Bonchev–Trinajstić information content (AvgIpc) is 3.19. The largest absolute Gasteiger partial charge is 0.465 e. The molecular weight excluding hydrogens is 305 g/mol. The molecule has 2 unspecified atom stereocenters. The van der Waals surface area contributed by atoms with Crippen molar-refractivity contribution >= 4 is 28.2 Å². The number of esters is 1. The number of rotatable bonds is 4. The zero-order valence-corrected chi connectivity index (χ0v) is 12.7. The quantitative estimate of drug-likeness (QED) is 0.879. The Balaban J connectivity index is 1.62. The van der Waals surface area contributed by atoms with Gasteiger partial charge in [0.1, 0.15) is 10.7 Å². The normalized spacial score (nSPS) is 19.5. The van der Waals surface area contributed by atoms with Crippen LogP contribution in [0.4, 0.5) is 9.39 Å². The Morgan fingerprint density at radius 2 is 2.14 bits per heavy atom. The number of carbonyl (C=O) groups is 2. The maximum absolute atomic E-state index is 13.2. The van der Waals surface area contributed by atoms with Crippen LogP contribution < -0.4 is 5.32 Å². The smallest absolute Gasteiger partial charge is 0.348 e. The maximum atomic E-state index is 13.2. The standard InChI is InChI=1S/C16H14FNO3S/c1-21-16(20)13-5-6-14(22-13)18-15(19)12-8-11(12)9-3-2-4-10(17)7-9/h2-7,11-12H,8H2,1H3,(H,18,19). The number of halogens is 1. The molecule has 114 valence electrons. The fourth-order valence-electron chi connectivity index (χ4n) is 2.42. The molecule has 0 aliphatic heterocycles. The molecule has 1 aliphatic rings. The van der Waals surface area contributed by atoms with Gasteiger partial charge in [0.05, 0.1) is 12.1 Å². The third-order valence-electron chi connectivity index (χ3n) is 3.64. The van der Waals surface area contributed by atoms with E-state index in [4.69, 9.17) is 0 Å². The first-order valence-corrected chi connectivity index (χ1v) is 7.64. The highest BCUT2D eigenvalue weighted by atomic mass is 32.1. The summed E-state index contributed by atoms with van der Waals surface area (Å²) < 4.78 is 17.8. The van der Waals surface area contributed by atoms with Crippen LogP contribution >= 0.6 is 11.3 Å². The van der Waals surface area contributed by atoms with Crippen molar-refractivity contribution < 1.29 is 18.7 Å². The van der Waals surface area contributed by atoms with Crippen LogP contribution in [0.3, 0.4) is 0 Å². The van der Waals surface area contributed by atoms with Crippen LogP contribution in [0.5, 0.6) is 0 Å². The zero-order chi connectivity index (χ0) is 15.7. The van der Waals surface area contributed by atoms with E-state index >= 15 is 0 Å². The van der Waals surface area contributed by atoms with Gasteiger partial charge in [0.2, 0.25) is 5.91 Å². The molecule has 3 rings (SSSR count). The van der Waals surface area contributed by atoms with Crippen LogP contribution in [0.15, 0.2) is 36.4 Å². The second kappa shape index (κ2) is 5.88. The molecule has 2 atom stereocenters. The molecule has 1 aliphatic carbocycles. The van der Waals surface area contributed by atoms with Gasteiger partial charge in [0.15, 0.2) is 0 Å². The lowest BCUT2D eigenvalue weighted by Gasteiger charge is -2.02. The van der Waals surface area contributed by atoms with Crippen molar-refractivity contribution in [3.05, 3.63) is 52.7 Å². The summed E-state index contributed by atoms with van der Waals surface area (Å²) in [6, 6.07) is 9.64. The van der Waals surface area contributed by atoms with Gasteiger partial charge < -0.3 is 10.1 Å². The van der Waals surface area contributed by atoms with Gasteiger partial charge in [-0.05, 0) is 42.2 Å². The lowest BCUT2D eigenvalue weighted by Crippen LogP contribution is -2.13. The van der Waals surface area contributed by atoms with Crippen LogP contribution in [0.2, 0.25) is 0 Å². The van der Waals surface area contributed by atoms with Crippen molar-refractivity contribution in [3.63, 3.8) is 0 Å². The highest BCUT2D eigenvalue weighted by Crippen LogP contribution is 2.48. The van der Waals surface area contributed by atoms with E-state index in [0.29, 0.717) is 16.3 Å². The highest BCUT2D eigenvalue weighted by molar-refractivity contribution is 7.18. The summed E-state index contributed by atoms with van der Waals surface area (Å²) in [4.78, 5) is 24.0. The molecule has 1 heterocycles. The van der Waals surface area contributed by atoms with Gasteiger partial charge >= 0.3 is 5.97 Å². The molecule has 0 saturated heterocycles. The van der Waals surface area contributed by atoms with E-state index in [0.717, 1.165) is 5.56 Å². The summed E-state index contributed by atoms with van der Waals surface area (Å²) in [5.74, 6) is -0.896. The van der Waals surface area contributed by atoms with Gasteiger partial charge in [-0.2, -0.15) is 0 Å². The van der Waals surface area contributed by atoms with E-state index in [9.17, 15) is 14.0 Å². The van der Waals surface area contributed by atoms with Crippen molar-refractivity contribution in [2.75, 3.05) is 12.4 Å². The monoisotopic (exact) mass is 319 g/mol. The minimum absolute atomic E-state index is 0.0655. The molecule has 0 radical (unpaired) electrons. The van der Waals surface area contributed by atoms with E-state index < -0.39 is 5.97 Å². The topological polar surface area (TPSA) is 55.4 Å². The second-order valence-corrected chi connectivity index (χ2v) is 6.23. The number of thiophene rings is 1. The Bertz CT molecular complexity index is 728. The third-order valence-corrected chi connectivity index (χ3v) is 4.62. The summed E-state index contributed by atoms with van der Waals surface area (Å²) in [5, 5.41) is 3.40. The molecule has 0 bridgehead atoms. The summed E-state index contributed by atoms with van der Waals surface area (Å²) in [6.07, 6.45) is 0.713. The molecule has 1 fully saturated rings. The molecule has 1 aromatic carbocycles. The van der Waals surface area contributed by atoms with E-state index in [-0.39, 0.29) is 23.6 Å². The predicted molar refractivity (Wildman–Crippen MR) is 81.5 cm³/mol. The number of hydrogen-bond acceptors (Lipinski definition) is 4. The molecule has 1 amide bonds. The first-order chi connectivity index (χ1) is 10.6. The highest BCUT2D eigenvalue weighted by Gasteiger charge is 2.44. The van der Waals surface area contributed by atoms with Gasteiger partial charge in [-0.1, -0.05) is 12.1 Å². The SMILES string of the molecule is COC(=O)c1ccc(NC(=O)C2CC2c2cccc(F)c2)s1. The van der Waals surface area contributed by atoms with Gasteiger partial charge in [-0.15, -0.1) is 11.3 Å². The lowest BCUT2D eigenvalue weighted by molar-refractivity contribution is -0.117. The Morgan fingerprint density at radius 3 is 2.86 bits per heavy atom. The van der Waals surface area contributed by atoms with Gasteiger partial charge in [0.25, 0.3) is 0 Å². The number of amides is 1. The first kappa shape index (κ1) is 14.7. The van der Waals surface area contributed by atoms with Crippen LogP contribution in [-0.2, 0) is 9.53 Å². The molecule has 22 heavy (non-hydrogen) atoms. The fraction of sp³-hybridized carbons (Fsp3) is 0.250. The van der Waals surface area contributed by atoms with Crippen molar-refractivity contribution in [1.82, 2.24) is 0 Å². The minimum Gasteiger partial charge on any atom is -0.465 e. The number of ether oxygens (including phenoxy) is 1. The van der Waals surface area contributed by atoms with Gasteiger partial charge in [-0.3, -0.25) is 4.79 Å². The summed E-state index contributed by atoms with van der Waals surface area (Å²) in [7, 11) is 1.31. The molecule has 1 aromatic heterocycles. The molecule has 6 heteroatoms. The number of hydrogen-bond donors (Lipinski definition) is 1. The lowest BCUT2D eigenvalue weighted by atomic mass is 10.1. The van der Waals surface area contributed by atoms with Crippen molar-refractivity contribution in [2.24, 2.45) is 5.92 Å². The number of benzene rings is 1. The van der Waals surface area contributed by atoms with E-state index in [1.165, 1.54) is 30.6 Å². The Kier molecular flexibility index (Phi) is 3.94. The number of methoxy groups -OCH3 is 1. The maximum Gasteiger partial charge on any atom is 0.348 e. The minimum atomic E-state index is -0.422. The Labute approximate surface area is 130 Å². The number of carbonyl (C=O) groups excluding carboxylic acids is 2. The third kappa shape index (κ3) is 3.01. The van der Waals surface area contributed by atoms with Gasteiger partial charge in [-0.25, -0.2) is 9.18 Å². The first-order valence-electron chi connectivity index (χ1n) is 6.83. The van der Waals surface area contributed by atoms with E-state index in [2.05, 4.69) is 10.1 Å². The van der Waals surface area contributed by atoms with Crippen LogP contribution in [-0.4, -0.2) is 19.0 Å². The summed E-state index contributed by atoms with van der Waals surface area (Å²) in [6.45, 7) is 0. The van der Waals surface area contributed by atoms with Crippen molar-refractivity contribution in [3.8, 4) is 0 Å². The van der Waals surface area contributed by atoms with Gasteiger partial charge in [0, 0.05) is 5.92 Å². The molecule has 1 saturated carbocycles. The summed E-state index contributed by atoms with van der Waals surface area (Å²) >= 11 is 1.17. The zero-order valence-electron chi connectivity index (χ0n) is 11.8. The Morgan fingerprint density at radius 1 is 1.32 bits per heavy atom. The summed E-state index contributed by atoms with van der Waals surface area (Å²) in [5.41, 5.74) is 0.849. The molecular formula is C16H14FNO3S. The van der Waals surface area contributed by atoms with Crippen LogP contribution in [0.1, 0.15) is 27.6 Å². The van der Waals surface area contributed by atoms with Crippen molar-refractivity contribution in [1.29, 1.82) is 0 Å². The second-order valence-electron chi connectivity index (χ2n) is 5.15. The number of nitrogens with one attached hydrogen (secondary N) is 1. The van der Waals surface area contributed by atoms with E-state index in [1.807, 2.05) is 6.07 Å². The Hall–Kier alpha value is -2.21. The average molecular weight is 319 g/mol. The number of anilines is 1. The van der Waals surface area contributed by atoms with Crippen LogP contribution in [0, 0.1) is 11.7 Å². The van der Waals surface area contributed by atoms with Crippen LogP contribution in [0.25, 0.3) is 0 Å². The predicted octanol–water partition coefficient (Wildman–Crippen LogP) is 3.42. The van der Waals surface area contributed by atoms with Crippen molar-refractivity contribution in [2.45, 2.75) is 12.3 Å². The molecule has 4 nitrogen and oxygen atoms in total. The molecule has 1 N–H and O–H groups in total.